The van der Waals surface area contributed by atoms with E-state index >= 15 is 0 Å². The number of aliphatic hydroxyl groups excluding tert-OH is 2. The highest BCUT2D eigenvalue weighted by molar-refractivity contribution is 7.99. The van der Waals surface area contributed by atoms with E-state index < -0.39 is 18.2 Å². The van der Waals surface area contributed by atoms with Crippen molar-refractivity contribution in [1.29, 1.82) is 0 Å². The Morgan fingerprint density at radius 3 is 2.14 bits per heavy atom. The lowest BCUT2D eigenvalue weighted by molar-refractivity contribution is -0.133. The average molecular weight is 326 g/mol. The Hall–Kier alpha value is -0.380. The third kappa shape index (κ3) is 15.8. The van der Waals surface area contributed by atoms with Gasteiger partial charge in [-0.1, -0.05) is 0 Å². The van der Waals surface area contributed by atoms with Crippen LogP contribution in [0.1, 0.15) is 12.8 Å². The van der Waals surface area contributed by atoms with E-state index in [0.717, 1.165) is 12.8 Å². The zero-order valence-electron chi connectivity index (χ0n) is 12.4. The number of rotatable bonds is 15. The van der Waals surface area contributed by atoms with Crippen molar-refractivity contribution in [2.24, 2.45) is 0 Å². The van der Waals surface area contributed by atoms with Crippen molar-refractivity contribution in [3.63, 3.8) is 0 Å². The second kappa shape index (κ2) is 14.6. The molecule has 0 rings (SSSR count). The number of carbonyl (C=O) groups is 1. The van der Waals surface area contributed by atoms with Crippen molar-refractivity contribution in [3.8, 4) is 0 Å². The first-order valence-electron chi connectivity index (χ1n) is 6.86. The summed E-state index contributed by atoms with van der Waals surface area (Å²) in [4.78, 5) is 10.3. The number of carboxylic acid groups (broad SMARTS) is 1. The summed E-state index contributed by atoms with van der Waals surface area (Å²) >= 11 is 1.17. The van der Waals surface area contributed by atoms with Gasteiger partial charge < -0.3 is 29.5 Å². The zero-order valence-corrected chi connectivity index (χ0v) is 13.2. The van der Waals surface area contributed by atoms with Gasteiger partial charge in [0.15, 0.2) is 0 Å². The van der Waals surface area contributed by atoms with Crippen LogP contribution >= 0.6 is 11.8 Å². The molecule has 0 bridgehead atoms. The Balaban J connectivity index is 3.22. The average Bonchev–Trinajstić information content (AvgIpc) is 2.41. The third-order valence-electron chi connectivity index (χ3n) is 2.34. The highest BCUT2D eigenvalue weighted by atomic mass is 32.2. The molecule has 0 saturated heterocycles. The van der Waals surface area contributed by atoms with Gasteiger partial charge >= 0.3 is 5.97 Å². The molecular weight excluding hydrogens is 300 g/mol. The normalized spacial score (nSPS) is 14.0. The minimum atomic E-state index is -0.885. The van der Waals surface area contributed by atoms with E-state index in [-0.39, 0.29) is 25.6 Å². The number of methoxy groups -OCH3 is 1. The van der Waals surface area contributed by atoms with Crippen LogP contribution in [0.5, 0.6) is 0 Å². The second-order valence-corrected chi connectivity index (χ2v) is 5.56. The molecule has 8 heteroatoms. The van der Waals surface area contributed by atoms with Crippen molar-refractivity contribution in [1.82, 2.24) is 0 Å². The van der Waals surface area contributed by atoms with E-state index in [0.29, 0.717) is 19.0 Å². The van der Waals surface area contributed by atoms with Gasteiger partial charge in [0.2, 0.25) is 0 Å². The predicted molar refractivity (Wildman–Crippen MR) is 79.7 cm³/mol. The molecule has 0 spiro atoms. The van der Waals surface area contributed by atoms with Crippen molar-refractivity contribution < 1.29 is 34.3 Å². The highest BCUT2D eigenvalue weighted by Crippen LogP contribution is 2.03. The fraction of sp³-hybridized carbons (Fsp3) is 0.923. The number of hydrogen-bond donors (Lipinski definition) is 3. The summed E-state index contributed by atoms with van der Waals surface area (Å²) < 4.78 is 15.3. The van der Waals surface area contributed by atoms with Crippen LogP contribution in [0, 0.1) is 0 Å². The molecule has 7 nitrogen and oxygen atoms in total. The van der Waals surface area contributed by atoms with E-state index in [1.54, 1.807) is 0 Å². The molecule has 0 heterocycles. The van der Waals surface area contributed by atoms with Gasteiger partial charge in [-0.05, 0) is 12.8 Å². The summed E-state index contributed by atoms with van der Waals surface area (Å²) in [5.41, 5.74) is 0. The van der Waals surface area contributed by atoms with E-state index in [2.05, 4.69) is 0 Å². The summed E-state index contributed by atoms with van der Waals surface area (Å²) in [6.45, 7) is 1.79. The fourth-order valence-corrected chi connectivity index (χ4v) is 2.08. The number of aliphatic carboxylic acids is 1. The van der Waals surface area contributed by atoms with E-state index in [1.807, 2.05) is 0 Å². The first-order valence-corrected chi connectivity index (χ1v) is 8.01. The van der Waals surface area contributed by atoms with E-state index in [9.17, 15) is 15.0 Å². The van der Waals surface area contributed by atoms with Crippen molar-refractivity contribution >= 4 is 17.7 Å². The monoisotopic (exact) mass is 326 g/mol. The molecule has 2 unspecified atom stereocenters. The summed E-state index contributed by atoms with van der Waals surface area (Å²) in [6, 6.07) is 0. The van der Waals surface area contributed by atoms with Gasteiger partial charge in [0, 0.05) is 26.1 Å². The SMILES string of the molecule is COCC(O)COCCCCOCC(O)CSCC(=O)O. The summed E-state index contributed by atoms with van der Waals surface area (Å²) in [5.74, 6) is -0.542. The summed E-state index contributed by atoms with van der Waals surface area (Å²) in [7, 11) is 1.52. The van der Waals surface area contributed by atoms with Gasteiger partial charge in [-0.3, -0.25) is 4.79 Å². The van der Waals surface area contributed by atoms with E-state index in [4.69, 9.17) is 19.3 Å². The quantitative estimate of drug-likeness (QED) is 0.361. The molecule has 3 N–H and O–H groups in total. The molecule has 0 aromatic rings. The van der Waals surface area contributed by atoms with Crippen LogP contribution in [-0.4, -0.2) is 85.1 Å². The van der Waals surface area contributed by atoms with Gasteiger partial charge in [-0.25, -0.2) is 0 Å². The number of aliphatic hydroxyl groups is 2. The standard InChI is InChI=1S/C13H26O7S/c1-18-6-11(14)7-19-4-2-3-5-20-8-12(15)9-21-10-13(16)17/h11-12,14-15H,2-10H2,1H3,(H,16,17). The van der Waals surface area contributed by atoms with Crippen LogP contribution < -0.4 is 0 Å². The number of unbranched alkanes of at least 4 members (excludes halogenated alkanes) is 1. The Morgan fingerprint density at radius 1 is 1.05 bits per heavy atom. The van der Waals surface area contributed by atoms with Gasteiger partial charge in [0.05, 0.1) is 31.7 Å². The lowest BCUT2D eigenvalue weighted by atomic mass is 10.3. The topological polar surface area (TPSA) is 105 Å². The summed E-state index contributed by atoms with van der Waals surface area (Å²) in [5, 5.41) is 27.3. The lowest BCUT2D eigenvalue weighted by Gasteiger charge is -2.11. The van der Waals surface area contributed by atoms with Crippen LogP contribution in [0.2, 0.25) is 0 Å². The molecule has 0 fully saturated rings. The Morgan fingerprint density at radius 2 is 1.62 bits per heavy atom. The maximum atomic E-state index is 10.3. The molecule has 0 amide bonds. The van der Waals surface area contributed by atoms with Gasteiger partial charge in [-0.15, -0.1) is 11.8 Å². The van der Waals surface area contributed by atoms with Crippen molar-refractivity contribution in [3.05, 3.63) is 0 Å². The first kappa shape index (κ1) is 20.6. The van der Waals surface area contributed by atoms with Crippen LogP contribution in [-0.2, 0) is 19.0 Å². The molecule has 21 heavy (non-hydrogen) atoms. The van der Waals surface area contributed by atoms with Gasteiger partial charge in [-0.2, -0.15) is 0 Å². The number of thioether (sulfide) groups is 1. The maximum absolute atomic E-state index is 10.3. The minimum Gasteiger partial charge on any atom is -0.481 e. The van der Waals surface area contributed by atoms with Crippen molar-refractivity contribution in [2.75, 3.05) is 51.6 Å². The van der Waals surface area contributed by atoms with E-state index in [1.165, 1.54) is 18.9 Å². The van der Waals surface area contributed by atoms with Crippen molar-refractivity contribution in [2.45, 2.75) is 25.0 Å². The Bertz CT molecular complexity index is 253. The van der Waals surface area contributed by atoms with Gasteiger partial charge in [0.25, 0.3) is 0 Å². The summed E-state index contributed by atoms with van der Waals surface area (Å²) in [6.07, 6.45) is 0.373. The number of ether oxygens (including phenoxy) is 3. The lowest BCUT2D eigenvalue weighted by Crippen LogP contribution is -2.21. The third-order valence-corrected chi connectivity index (χ3v) is 3.41. The fourth-order valence-electron chi connectivity index (χ4n) is 1.42. The predicted octanol–water partition coefficient (Wildman–Crippen LogP) is -0.0142. The van der Waals surface area contributed by atoms with Crippen LogP contribution in [0.3, 0.4) is 0 Å². The molecule has 0 aliphatic heterocycles. The largest absolute Gasteiger partial charge is 0.481 e. The molecule has 126 valence electrons. The van der Waals surface area contributed by atoms with Crippen LogP contribution in [0.15, 0.2) is 0 Å². The molecule has 0 saturated carbocycles. The Labute approximate surface area is 129 Å². The molecule has 0 radical (unpaired) electrons. The maximum Gasteiger partial charge on any atom is 0.313 e. The smallest absolute Gasteiger partial charge is 0.313 e. The van der Waals surface area contributed by atoms with Gasteiger partial charge in [0.1, 0.15) is 6.10 Å². The number of hydrogen-bond acceptors (Lipinski definition) is 7. The second-order valence-electron chi connectivity index (χ2n) is 4.53. The van der Waals surface area contributed by atoms with Crippen LogP contribution in [0.4, 0.5) is 0 Å². The minimum absolute atomic E-state index is 0.0106. The molecule has 0 aromatic heterocycles. The molecule has 0 aromatic carbocycles. The number of carboxylic acids is 1. The van der Waals surface area contributed by atoms with Crippen LogP contribution in [0.25, 0.3) is 0 Å². The Kier molecular flexibility index (Phi) is 14.3. The molecule has 2 atom stereocenters. The molecule has 0 aliphatic carbocycles. The molecular formula is C13H26O7S. The highest BCUT2D eigenvalue weighted by Gasteiger charge is 2.06. The first-order chi connectivity index (χ1) is 10.1. The zero-order chi connectivity index (χ0) is 15.9. The molecule has 0 aliphatic rings.